The van der Waals surface area contributed by atoms with Crippen LogP contribution in [0.4, 0.5) is 5.82 Å². The summed E-state index contributed by atoms with van der Waals surface area (Å²) in [5.74, 6) is 0.565. The summed E-state index contributed by atoms with van der Waals surface area (Å²) in [6.45, 7) is 1.57. The van der Waals surface area contributed by atoms with Crippen LogP contribution in [-0.2, 0) is 11.3 Å². The first-order valence-electron chi connectivity index (χ1n) is 7.24. The molecule has 3 heterocycles. The number of carbonyl (C=O) groups excluding carboxylic acids is 1. The zero-order chi connectivity index (χ0) is 15.4. The van der Waals surface area contributed by atoms with E-state index in [2.05, 4.69) is 9.97 Å². The molecule has 0 saturated carbocycles. The second-order valence-corrected chi connectivity index (χ2v) is 5.19. The van der Waals surface area contributed by atoms with Crippen LogP contribution in [0.3, 0.4) is 0 Å². The maximum Gasteiger partial charge on any atom is 0.276 e. The average Bonchev–Trinajstić information content (AvgIpc) is 3.20. The molecule has 0 spiro atoms. The number of hydrogen-bond donors (Lipinski definition) is 1. The lowest BCUT2D eigenvalue weighted by molar-refractivity contribution is 0.0487. The number of ether oxygens (including phenoxy) is 1. The van der Waals surface area contributed by atoms with Crippen LogP contribution in [0.5, 0.6) is 0 Å². The molecule has 7 nitrogen and oxygen atoms in total. The lowest BCUT2D eigenvalue weighted by Crippen LogP contribution is -2.37. The number of amides is 1. The third-order valence-corrected chi connectivity index (χ3v) is 3.59. The van der Waals surface area contributed by atoms with Crippen LogP contribution in [0, 0.1) is 0 Å². The van der Waals surface area contributed by atoms with Gasteiger partial charge in [0.2, 0.25) is 0 Å². The van der Waals surface area contributed by atoms with Gasteiger partial charge < -0.3 is 19.8 Å². The Morgan fingerprint density at radius 3 is 2.95 bits per heavy atom. The van der Waals surface area contributed by atoms with E-state index in [1.807, 2.05) is 6.07 Å². The molecule has 0 aromatic carbocycles. The van der Waals surface area contributed by atoms with Gasteiger partial charge in [0, 0.05) is 25.5 Å². The number of furan rings is 1. The van der Waals surface area contributed by atoms with Crippen molar-refractivity contribution in [2.75, 3.05) is 18.9 Å². The minimum absolute atomic E-state index is 0.0387. The maximum absolute atomic E-state index is 12.7. The minimum Gasteiger partial charge on any atom is -0.467 e. The number of nitrogens with zero attached hydrogens (tertiary/aromatic N) is 3. The summed E-state index contributed by atoms with van der Waals surface area (Å²) in [6.07, 6.45) is 6.50. The predicted molar refractivity (Wildman–Crippen MR) is 78.9 cm³/mol. The second-order valence-electron chi connectivity index (χ2n) is 5.19. The van der Waals surface area contributed by atoms with E-state index < -0.39 is 0 Å². The molecule has 22 heavy (non-hydrogen) atoms. The van der Waals surface area contributed by atoms with Crippen molar-refractivity contribution in [1.82, 2.24) is 14.9 Å². The molecular formula is C15H18N4O3. The maximum atomic E-state index is 12.7. The van der Waals surface area contributed by atoms with Crippen LogP contribution < -0.4 is 5.73 Å². The normalized spacial score (nSPS) is 17.5. The molecule has 0 unspecified atom stereocenters. The molecular weight excluding hydrogens is 284 g/mol. The standard InChI is InChI=1S/C15H18N4O3/c16-14-13(17-5-6-18-14)15(20)19(9-11-3-1-7-21-11)10-12-4-2-8-22-12/h1,3,5-7,12H,2,4,8-10H2,(H2,16,18)/t12-/m1/s1. The van der Waals surface area contributed by atoms with E-state index in [-0.39, 0.29) is 23.5 Å². The third-order valence-electron chi connectivity index (χ3n) is 3.59. The van der Waals surface area contributed by atoms with Gasteiger partial charge in [-0.3, -0.25) is 4.79 Å². The molecule has 1 aliphatic rings. The summed E-state index contributed by atoms with van der Waals surface area (Å²) in [7, 11) is 0. The summed E-state index contributed by atoms with van der Waals surface area (Å²) in [5, 5.41) is 0. The van der Waals surface area contributed by atoms with Crippen molar-refractivity contribution in [3.8, 4) is 0 Å². The molecule has 1 saturated heterocycles. The van der Waals surface area contributed by atoms with Gasteiger partial charge in [-0.2, -0.15) is 0 Å². The van der Waals surface area contributed by atoms with Crippen LogP contribution in [0.1, 0.15) is 29.1 Å². The van der Waals surface area contributed by atoms with Gasteiger partial charge >= 0.3 is 0 Å². The monoisotopic (exact) mass is 302 g/mol. The number of nitrogen functional groups attached to an aromatic ring is 1. The summed E-state index contributed by atoms with van der Waals surface area (Å²) in [5.41, 5.74) is 5.92. The fourth-order valence-corrected chi connectivity index (χ4v) is 2.51. The molecule has 116 valence electrons. The van der Waals surface area contributed by atoms with Crippen molar-refractivity contribution in [1.29, 1.82) is 0 Å². The van der Waals surface area contributed by atoms with Crippen molar-refractivity contribution >= 4 is 11.7 Å². The highest BCUT2D eigenvalue weighted by atomic mass is 16.5. The Morgan fingerprint density at radius 2 is 2.27 bits per heavy atom. The number of aromatic nitrogens is 2. The molecule has 1 atom stereocenters. The molecule has 2 aromatic heterocycles. The molecule has 0 radical (unpaired) electrons. The average molecular weight is 302 g/mol. The van der Waals surface area contributed by atoms with E-state index in [0.29, 0.717) is 18.8 Å². The second kappa shape index (κ2) is 6.57. The Bertz CT molecular complexity index is 623. The van der Waals surface area contributed by atoms with Gasteiger partial charge in [0.25, 0.3) is 5.91 Å². The first kappa shape index (κ1) is 14.5. The first-order chi connectivity index (χ1) is 10.7. The van der Waals surface area contributed by atoms with Gasteiger partial charge in [-0.15, -0.1) is 0 Å². The minimum atomic E-state index is -0.266. The fraction of sp³-hybridized carbons (Fsp3) is 0.400. The lowest BCUT2D eigenvalue weighted by atomic mass is 10.2. The Kier molecular flexibility index (Phi) is 4.34. The molecule has 1 aliphatic heterocycles. The molecule has 0 aliphatic carbocycles. The highest BCUT2D eigenvalue weighted by molar-refractivity contribution is 5.96. The SMILES string of the molecule is Nc1nccnc1C(=O)N(Cc1ccco1)C[C@H]1CCCO1. The van der Waals surface area contributed by atoms with Gasteiger partial charge in [0.05, 0.1) is 18.9 Å². The molecule has 3 rings (SSSR count). The summed E-state index contributed by atoms with van der Waals surface area (Å²) < 4.78 is 11.0. The topological polar surface area (TPSA) is 94.5 Å². The molecule has 1 fully saturated rings. The Hall–Kier alpha value is -2.41. The van der Waals surface area contributed by atoms with E-state index in [4.69, 9.17) is 14.9 Å². The van der Waals surface area contributed by atoms with Crippen LogP contribution in [0.25, 0.3) is 0 Å². The van der Waals surface area contributed by atoms with Gasteiger partial charge in [-0.1, -0.05) is 0 Å². The molecule has 0 bridgehead atoms. The summed E-state index contributed by atoms with van der Waals surface area (Å²) in [6, 6.07) is 3.62. The number of anilines is 1. The van der Waals surface area contributed by atoms with Crippen molar-refractivity contribution in [3.05, 3.63) is 42.2 Å². The van der Waals surface area contributed by atoms with Crippen molar-refractivity contribution < 1.29 is 13.9 Å². The van der Waals surface area contributed by atoms with Gasteiger partial charge in [-0.25, -0.2) is 9.97 Å². The van der Waals surface area contributed by atoms with Gasteiger partial charge in [0.15, 0.2) is 11.5 Å². The highest BCUT2D eigenvalue weighted by Crippen LogP contribution is 2.18. The Morgan fingerprint density at radius 1 is 1.41 bits per heavy atom. The van der Waals surface area contributed by atoms with Crippen LogP contribution in [0.15, 0.2) is 35.2 Å². The molecule has 2 N–H and O–H groups in total. The highest BCUT2D eigenvalue weighted by Gasteiger charge is 2.26. The summed E-state index contributed by atoms with van der Waals surface area (Å²) in [4.78, 5) is 22.4. The zero-order valence-corrected chi connectivity index (χ0v) is 12.1. The van der Waals surface area contributed by atoms with E-state index in [0.717, 1.165) is 19.4 Å². The predicted octanol–water partition coefficient (Wildman–Crippen LogP) is 1.47. The lowest BCUT2D eigenvalue weighted by Gasteiger charge is -2.24. The number of carbonyl (C=O) groups is 1. The molecule has 2 aromatic rings. The Labute approximate surface area is 128 Å². The van der Waals surface area contributed by atoms with Gasteiger partial charge in [0.1, 0.15) is 5.76 Å². The number of hydrogen-bond acceptors (Lipinski definition) is 6. The molecule has 7 heteroatoms. The first-order valence-corrected chi connectivity index (χ1v) is 7.24. The van der Waals surface area contributed by atoms with Crippen molar-refractivity contribution in [3.63, 3.8) is 0 Å². The quantitative estimate of drug-likeness (QED) is 0.898. The van der Waals surface area contributed by atoms with Gasteiger partial charge in [-0.05, 0) is 25.0 Å². The number of nitrogens with two attached hydrogens (primary N) is 1. The van der Waals surface area contributed by atoms with Crippen LogP contribution in [-0.4, -0.2) is 40.0 Å². The Balaban J connectivity index is 1.80. The van der Waals surface area contributed by atoms with E-state index in [9.17, 15) is 4.79 Å². The summed E-state index contributed by atoms with van der Waals surface area (Å²) >= 11 is 0. The zero-order valence-electron chi connectivity index (χ0n) is 12.1. The van der Waals surface area contributed by atoms with Crippen molar-refractivity contribution in [2.45, 2.75) is 25.5 Å². The van der Waals surface area contributed by atoms with E-state index in [1.165, 1.54) is 12.4 Å². The van der Waals surface area contributed by atoms with Crippen molar-refractivity contribution in [2.24, 2.45) is 0 Å². The van der Waals surface area contributed by atoms with Crippen LogP contribution >= 0.6 is 0 Å². The molecule has 1 amide bonds. The third kappa shape index (κ3) is 3.25. The fourth-order valence-electron chi connectivity index (χ4n) is 2.51. The smallest absolute Gasteiger partial charge is 0.276 e. The number of rotatable bonds is 5. The van der Waals surface area contributed by atoms with Crippen LogP contribution in [0.2, 0.25) is 0 Å². The van der Waals surface area contributed by atoms with E-state index in [1.54, 1.807) is 17.2 Å². The largest absolute Gasteiger partial charge is 0.467 e. The van der Waals surface area contributed by atoms with E-state index >= 15 is 0 Å².